The van der Waals surface area contributed by atoms with Crippen LogP contribution in [0.5, 0.6) is 0 Å². The largest absolute Gasteiger partial charge is 0.461 e. The molecule has 1 aliphatic heterocycles. The van der Waals surface area contributed by atoms with Crippen LogP contribution in [0.2, 0.25) is 0 Å². The summed E-state index contributed by atoms with van der Waals surface area (Å²) in [4.78, 5) is 11.7. The van der Waals surface area contributed by atoms with Crippen molar-refractivity contribution in [3.8, 4) is 0 Å². The molecule has 1 aliphatic rings. The van der Waals surface area contributed by atoms with Gasteiger partial charge in [0, 0.05) is 56.8 Å². The van der Waals surface area contributed by atoms with Crippen molar-refractivity contribution in [2.45, 2.75) is 38.8 Å². The fourth-order valence-electron chi connectivity index (χ4n) is 3.91. The fraction of sp³-hybridized carbons (Fsp3) is 0.417. The van der Waals surface area contributed by atoms with Crippen molar-refractivity contribution in [2.75, 3.05) is 26.2 Å². The Morgan fingerprint density at radius 3 is 2.71 bits per heavy atom. The Kier molecular flexibility index (Phi) is 9.14. The summed E-state index contributed by atoms with van der Waals surface area (Å²) in [6, 6.07) is 16.8. The van der Waals surface area contributed by atoms with Gasteiger partial charge in [-0.1, -0.05) is 24.3 Å². The number of rotatable bonds is 7. The van der Waals surface area contributed by atoms with Crippen LogP contribution in [0.1, 0.15) is 31.2 Å². The van der Waals surface area contributed by atoms with Crippen LogP contribution in [0.3, 0.4) is 0 Å². The van der Waals surface area contributed by atoms with Crippen molar-refractivity contribution in [1.29, 1.82) is 0 Å². The third kappa shape index (κ3) is 6.93. The average molecular weight is 533 g/mol. The maximum Gasteiger partial charge on any atom is 0.191 e. The molecule has 0 bridgehead atoms. The summed E-state index contributed by atoms with van der Waals surface area (Å²) in [5.41, 5.74) is 2.09. The third-order valence-corrected chi connectivity index (χ3v) is 5.49. The first-order valence-electron chi connectivity index (χ1n) is 10.9. The number of fused-ring (bicyclic) bond motifs is 1. The average Bonchev–Trinajstić information content (AvgIpc) is 3.19. The van der Waals surface area contributed by atoms with Crippen LogP contribution in [-0.4, -0.2) is 48.1 Å². The van der Waals surface area contributed by atoms with Gasteiger partial charge in [0.2, 0.25) is 0 Å². The van der Waals surface area contributed by atoms with E-state index in [-0.39, 0.29) is 24.0 Å². The van der Waals surface area contributed by atoms with Gasteiger partial charge in [-0.05, 0) is 44.0 Å². The molecule has 3 aromatic rings. The summed E-state index contributed by atoms with van der Waals surface area (Å²) in [5.74, 6) is 1.88. The monoisotopic (exact) mass is 533 g/mol. The van der Waals surface area contributed by atoms with E-state index in [1.165, 1.54) is 0 Å². The van der Waals surface area contributed by atoms with Crippen molar-refractivity contribution in [3.05, 3.63) is 66.2 Å². The molecule has 3 heterocycles. The standard InChI is InChI=1S/C24H31N5O.HI/c1-2-25-24(27-14-10-22-17-19-7-3-4-9-23(19)30-22)28-20-11-15-29(16-12-20)18-21-8-5-6-13-26-21;/h3-9,13,17,20H,2,10-12,14-16,18H2,1H3,(H2,25,27,28);1H. The first-order chi connectivity index (χ1) is 14.8. The fourth-order valence-corrected chi connectivity index (χ4v) is 3.91. The molecular formula is C24H32IN5O. The van der Waals surface area contributed by atoms with Crippen LogP contribution in [0, 0.1) is 0 Å². The van der Waals surface area contributed by atoms with Crippen LogP contribution >= 0.6 is 24.0 Å². The van der Waals surface area contributed by atoms with Gasteiger partial charge in [-0.25, -0.2) is 0 Å². The summed E-state index contributed by atoms with van der Waals surface area (Å²) < 4.78 is 5.90. The van der Waals surface area contributed by atoms with Crippen LogP contribution < -0.4 is 10.6 Å². The molecule has 6 nitrogen and oxygen atoms in total. The minimum Gasteiger partial charge on any atom is -0.461 e. The number of furan rings is 1. The van der Waals surface area contributed by atoms with Gasteiger partial charge in [0.1, 0.15) is 11.3 Å². The summed E-state index contributed by atoms with van der Waals surface area (Å²) in [6.45, 7) is 6.74. The van der Waals surface area contributed by atoms with Crippen molar-refractivity contribution >= 4 is 40.9 Å². The van der Waals surface area contributed by atoms with Crippen molar-refractivity contribution < 1.29 is 4.42 Å². The second kappa shape index (κ2) is 12.0. The van der Waals surface area contributed by atoms with E-state index in [0.717, 1.165) is 73.8 Å². The number of piperidine rings is 1. The van der Waals surface area contributed by atoms with Gasteiger partial charge in [-0.3, -0.25) is 14.9 Å². The molecule has 1 aromatic carbocycles. The van der Waals surface area contributed by atoms with E-state index >= 15 is 0 Å². The normalized spacial score (nSPS) is 15.6. The van der Waals surface area contributed by atoms with Crippen molar-refractivity contribution in [3.63, 3.8) is 0 Å². The van der Waals surface area contributed by atoms with Crippen LogP contribution in [0.25, 0.3) is 11.0 Å². The Bertz CT molecular complexity index is 918. The first kappa shape index (κ1) is 23.5. The molecule has 2 N–H and O–H groups in total. The van der Waals surface area contributed by atoms with Gasteiger partial charge >= 0.3 is 0 Å². The number of hydrogen-bond acceptors (Lipinski definition) is 4. The molecule has 7 heteroatoms. The summed E-state index contributed by atoms with van der Waals surface area (Å²) in [7, 11) is 0. The number of likely N-dealkylation sites (tertiary alicyclic amines) is 1. The molecule has 0 radical (unpaired) electrons. The highest BCUT2D eigenvalue weighted by Gasteiger charge is 2.20. The van der Waals surface area contributed by atoms with Gasteiger partial charge in [0.25, 0.3) is 0 Å². The molecule has 4 rings (SSSR count). The maximum absolute atomic E-state index is 5.90. The molecule has 0 saturated carbocycles. The van der Waals surface area contributed by atoms with Gasteiger partial charge in [0.05, 0.1) is 5.69 Å². The zero-order valence-corrected chi connectivity index (χ0v) is 20.4. The Labute approximate surface area is 201 Å². The molecule has 0 atom stereocenters. The molecule has 0 aliphatic carbocycles. The van der Waals surface area contributed by atoms with E-state index in [0.29, 0.717) is 12.6 Å². The number of halogens is 1. The van der Waals surface area contributed by atoms with E-state index in [1.807, 2.05) is 30.5 Å². The lowest BCUT2D eigenvalue weighted by Crippen LogP contribution is -2.48. The maximum atomic E-state index is 5.90. The number of aliphatic imine (C=N–C) groups is 1. The number of aromatic nitrogens is 1. The molecule has 0 amide bonds. The van der Waals surface area contributed by atoms with E-state index in [9.17, 15) is 0 Å². The first-order valence-corrected chi connectivity index (χ1v) is 10.9. The molecule has 31 heavy (non-hydrogen) atoms. The molecule has 2 aromatic heterocycles. The van der Waals surface area contributed by atoms with Crippen molar-refractivity contribution in [1.82, 2.24) is 20.5 Å². The highest BCUT2D eigenvalue weighted by Crippen LogP contribution is 2.19. The molecule has 0 unspecified atom stereocenters. The van der Waals surface area contributed by atoms with Gasteiger partial charge in [0.15, 0.2) is 5.96 Å². The molecule has 1 saturated heterocycles. The van der Waals surface area contributed by atoms with Crippen LogP contribution in [0.4, 0.5) is 0 Å². The predicted octanol–water partition coefficient (Wildman–Crippen LogP) is 4.21. The van der Waals surface area contributed by atoms with Gasteiger partial charge < -0.3 is 15.1 Å². The number of para-hydroxylation sites is 1. The Hall–Kier alpha value is -2.13. The van der Waals surface area contributed by atoms with Crippen LogP contribution in [-0.2, 0) is 13.0 Å². The molecule has 0 spiro atoms. The lowest BCUT2D eigenvalue weighted by molar-refractivity contribution is 0.196. The van der Waals surface area contributed by atoms with E-state index < -0.39 is 0 Å². The molecule has 166 valence electrons. The highest BCUT2D eigenvalue weighted by molar-refractivity contribution is 14.0. The van der Waals surface area contributed by atoms with E-state index in [2.05, 4.69) is 51.7 Å². The number of nitrogens with one attached hydrogen (secondary N) is 2. The van der Waals surface area contributed by atoms with Crippen LogP contribution in [0.15, 0.2) is 64.1 Å². The number of guanidine groups is 1. The quantitative estimate of drug-likeness (QED) is 0.271. The predicted molar refractivity (Wildman–Crippen MR) is 137 cm³/mol. The SMILES string of the molecule is CCNC(=NCCc1cc2ccccc2o1)NC1CCN(Cc2ccccn2)CC1.I. The zero-order valence-electron chi connectivity index (χ0n) is 18.1. The Morgan fingerprint density at radius 1 is 1.16 bits per heavy atom. The number of pyridine rings is 1. The Balaban J connectivity index is 0.00000272. The van der Waals surface area contributed by atoms with E-state index in [4.69, 9.17) is 9.41 Å². The minimum atomic E-state index is 0. The second-order valence-corrected chi connectivity index (χ2v) is 7.78. The zero-order chi connectivity index (χ0) is 20.6. The third-order valence-electron chi connectivity index (χ3n) is 5.49. The number of benzene rings is 1. The second-order valence-electron chi connectivity index (χ2n) is 7.78. The lowest BCUT2D eigenvalue weighted by atomic mass is 10.0. The summed E-state index contributed by atoms with van der Waals surface area (Å²) in [6.07, 6.45) is 4.89. The topological polar surface area (TPSA) is 65.7 Å². The summed E-state index contributed by atoms with van der Waals surface area (Å²) in [5, 5.41) is 8.15. The number of hydrogen-bond donors (Lipinski definition) is 2. The minimum absolute atomic E-state index is 0. The smallest absolute Gasteiger partial charge is 0.191 e. The lowest BCUT2D eigenvalue weighted by Gasteiger charge is -2.32. The van der Waals surface area contributed by atoms with Crippen molar-refractivity contribution in [2.24, 2.45) is 4.99 Å². The highest BCUT2D eigenvalue weighted by atomic mass is 127. The van der Waals surface area contributed by atoms with Gasteiger partial charge in [-0.2, -0.15) is 0 Å². The number of nitrogens with zero attached hydrogens (tertiary/aromatic N) is 3. The van der Waals surface area contributed by atoms with Gasteiger partial charge in [-0.15, -0.1) is 24.0 Å². The Morgan fingerprint density at radius 2 is 1.97 bits per heavy atom. The van der Waals surface area contributed by atoms with E-state index in [1.54, 1.807) is 0 Å². The molecule has 1 fully saturated rings. The summed E-state index contributed by atoms with van der Waals surface area (Å²) >= 11 is 0. The molecular weight excluding hydrogens is 501 g/mol.